The lowest BCUT2D eigenvalue weighted by Crippen LogP contribution is -2.47. The number of amides is 1. The van der Waals surface area contributed by atoms with Crippen molar-refractivity contribution in [2.45, 2.75) is 38.6 Å². The summed E-state index contributed by atoms with van der Waals surface area (Å²) >= 11 is 0. The molecule has 2 heterocycles. The van der Waals surface area contributed by atoms with E-state index in [0.717, 1.165) is 44.6 Å². The van der Waals surface area contributed by atoms with Gasteiger partial charge in [0.25, 0.3) is 5.91 Å². The van der Waals surface area contributed by atoms with Crippen LogP contribution in [-0.4, -0.2) is 52.2 Å². The predicted octanol–water partition coefficient (Wildman–Crippen LogP) is 0.581. The molecular weight excluding hydrogens is 230 g/mol. The average molecular weight is 251 g/mol. The summed E-state index contributed by atoms with van der Waals surface area (Å²) in [6.07, 6.45) is 3.98. The molecule has 18 heavy (non-hydrogen) atoms. The molecule has 0 aromatic carbocycles. The molecule has 1 aromatic heterocycles. The van der Waals surface area contributed by atoms with E-state index in [0.29, 0.717) is 11.9 Å². The second-order valence-electron chi connectivity index (χ2n) is 4.73. The summed E-state index contributed by atoms with van der Waals surface area (Å²) in [6.45, 7) is 3.62. The molecule has 1 amide bonds. The van der Waals surface area contributed by atoms with Crippen molar-refractivity contribution in [1.82, 2.24) is 25.4 Å². The maximum absolute atomic E-state index is 12.2. The van der Waals surface area contributed by atoms with Crippen LogP contribution in [0.4, 0.5) is 0 Å². The van der Waals surface area contributed by atoms with E-state index in [-0.39, 0.29) is 5.91 Å². The first-order valence-electron chi connectivity index (χ1n) is 6.62. The highest BCUT2D eigenvalue weighted by Crippen LogP contribution is 2.12. The summed E-state index contributed by atoms with van der Waals surface area (Å²) in [6, 6.07) is 0.386. The summed E-state index contributed by atoms with van der Waals surface area (Å²) in [4.78, 5) is 18.3. The zero-order valence-electron chi connectivity index (χ0n) is 11.1. The minimum absolute atomic E-state index is 0.0615. The quantitative estimate of drug-likeness (QED) is 0.821. The second-order valence-corrected chi connectivity index (χ2v) is 4.73. The SMILES string of the molecule is CCCc1nc(C(=O)N2CCCC(NC)C2)n[nH]1. The Morgan fingerprint density at radius 3 is 3.17 bits per heavy atom. The van der Waals surface area contributed by atoms with Crippen molar-refractivity contribution in [1.29, 1.82) is 0 Å². The number of carbonyl (C=O) groups is 1. The Morgan fingerprint density at radius 1 is 1.61 bits per heavy atom. The third kappa shape index (κ3) is 2.87. The number of nitrogens with one attached hydrogen (secondary N) is 2. The van der Waals surface area contributed by atoms with Crippen LogP contribution >= 0.6 is 0 Å². The molecule has 1 unspecified atom stereocenters. The van der Waals surface area contributed by atoms with Gasteiger partial charge in [-0.3, -0.25) is 9.89 Å². The van der Waals surface area contributed by atoms with Gasteiger partial charge >= 0.3 is 0 Å². The number of carbonyl (C=O) groups excluding carboxylic acids is 1. The number of hydrogen-bond acceptors (Lipinski definition) is 4. The van der Waals surface area contributed by atoms with E-state index in [4.69, 9.17) is 0 Å². The van der Waals surface area contributed by atoms with Crippen LogP contribution in [0.15, 0.2) is 0 Å². The molecule has 0 aliphatic carbocycles. The zero-order chi connectivity index (χ0) is 13.0. The lowest BCUT2D eigenvalue weighted by molar-refractivity contribution is 0.0686. The standard InChI is InChI=1S/C12H21N5O/c1-3-5-10-14-11(16-15-10)12(18)17-7-4-6-9(8-17)13-2/h9,13H,3-8H2,1-2H3,(H,14,15,16). The Hall–Kier alpha value is -1.43. The van der Waals surface area contributed by atoms with Gasteiger partial charge in [0.1, 0.15) is 5.82 Å². The maximum atomic E-state index is 12.2. The number of H-pyrrole nitrogens is 1. The lowest BCUT2D eigenvalue weighted by Gasteiger charge is -2.31. The molecule has 100 valence electrons. The van der Waals surface area contributed by atoms with Crippen LogP contribution in [-0.2, 0) is 6.42 Å². The van der Waals surface area contributed by atoms with Gasteiger partial charge < -0.3 is 10.2 Å². The molecule has 0 saturated carbocycles. The molecule has 0 radical (unpaired) electrons. The molecule has 1 atom stereocenters. The minimum Gasteiger partial charge on any atom is -0.334 e. The van der Waals surface area contributed by atoms with Crippen LogP contribution in [0.25, 0.3) is 0 Å². The third-order valence-electron chi connectivity index (χ3n) is 3.33. The molecule has 6 nitrogen and oxygen atoms in total. The lowest BCUT2D eigenvalue weighted by atomic mass is 10.1. The van der Waals surface area contributed by atoms with Gasteiger partial charge in [0.2, 0.25) is 5.82 Å². The topological polar surface area (TPSA) is 73.9 Å². The van der Waals surface area contributed by atoms with Crippen molar-refractivity contribution in [3.8, 4) is 0 Å². The fourth-order valence-corrected chi connectivity index (χ4v) is 2.28. The number of nitrogens with zero attached hydrogens (tertiary/aromatic N) is 3. The van der Waals surface area contributed by atoms with Gasteiger partial charge in [0, 0.05) is 25.6 Å². The first-order chi connectivity index (χ1) is 8.74. The maximum Gasteiger partial charge on any atom is 0.293 e. The number of likely N-dealkylation sites (tertiary alicyclic amines) is 1. The molecule has 2 N–H and O–H groups in total. The third-order valence-corrected chi connectivity index (χ3v) is 3.33. The van der Waals surface area contributed by atoms with Gasteiger partial charge in [-0.05, 0) is 26.3 Å². The van der Waals surface area contributed by atoms with Crippen LogP contribution in [0.3, 0.4) is 0 Å². The van der Waals surface area contributed by atoms with Crippen molar-refractivity contribution in [3.05, 3.63) is 11.6 Å². The summed E-state index contributed by atoms with van der Waals surface area (Å²) < 4.78 is 0. The van der Waals surface area contributed by atoms with Crippen LogP contribution in [0, 0.1) is 0 Å². The normalized spacial score (nSPS) is 20.1. The average Bonchev–Trinajstić information content (AvgIpc) is 2.87. The molecule has 0 spiro atoms. The predicted molar refractivity (Wildman–Crippen MR) is 68.4 cm³/mol. The van der Waals surface area contributed by atoms with Crippen molar-refractivity contribution in [2.24, 2.45) is 0 Å². The highest BCUT2D eigenvalue weighted by Gasteiger charge is 2.25. The number of rotatable bonds is 4. The fraction of sp³-hybridized carbons (Fsp3) is 0.750. The number of aromatic nitrogens is 3. The molecule has 1 aliphatic rings. The number of piperidine rings is 1. The molecular formula is C12H21N5O. The zero-order valence-corrected chi connectivity index (χ0v) is 11.1. The Bertz CT molecular complexity index is 403. The van der Waals surface area contributed by atoms with Crippen LogP contribution < -0.4 is 5.32 Å². The largest absolute Gasteiger partial charge is 0.334 e. The summed E-state index contributed by atoms with van der Waals surface area (Å²) in [5, 5.41) is 10.1. The van der Waals surface area contributed by atoms with E-state index in [9.17, 15) is 4.79 Å². The van der Waals surface area contributed by atoms with Gasteiger partial charge in [-0.2, -0.15) is 0 Å². The van der Waals surface area contributed by atoms with Crippen molar-refractivity contribution < 1.29 is 4.79 Å². The van der Waals surface area contributed by atoms with Gasteiger partial charge in [-0.25, -0.2) is 4.98 Å². The molecule has 6 heteroatoms. The van der Waals surface area contributed by atoms with Crippen molar-refractivity contribution in [3.63, 3.8) is 0 Å². The highest BCUT2D eigenvalue weighted by molar-refractivity contribution is 5.90. The Labute approximate surface area is 107 Å². The molecule has 1 aliphatic heterocycles. The molecule has 1 fully saturated rings. The van der Waals surface area contributed by atoms with E-state index in [1.54, 1.807) is 0 Å². The van der Waals surface area contributed by atoms with Crippen molar-refractivity contribution >= 4 is 5.91 Å². The van der Waals surface area contributed by atoms with Gasteiger partial charge in [0.15, 0.2) is 0 Å². The Morgan fingerprint density at radius 2 is 2.44 bits per heavy atom. The Balaban J connectivity index is 2.00. The minimum atomic E-state index is -0.0615. The highest BCUT2D eigenvalue weighted by atomic mass is 16.2. The number of likely N-dealkylation sites (N-methyl/N-ethyl adjacent to an activating group) is 1. The van der Waals surface area contributed by atoms with Gasteiger partial charge in [-0.15, -0.1) is 5.10 Å². The number of aryl methyl sites for hydroxylation is 1. The van der Waals surface area contributed by atoms with Gasteiger partial charge in [0.05, 0.1) is 0 Å². The summed E-state index contributed by atoms with van der Waals surface area (Å²) in [5.41, 5.74) is 0. The van der Waals surface area contributed by atoms with E-state index in [2.05, 4.69) is 27.4 Å². The van der Waals surface area contributed by atoms with E-state index >= 15 is 0 Å². The first-order valence-corrected chi connectivity index (χ1v) is 6.62. The van der Waals surface area contributed by atoms with Crippen LogP contribution in [0.1, 0.15) is 42.6 Å². The summed E-state index contributed by atoms with van der Waals surface area (Å²) in [5.74, 6) is 1.03. The van der Waals surface area contributed by atoms with E-state index < -0.39 is 0 Å². The van der Waals surface area contributed by atoms with E-state index in [1.165, 1.54) is 0 Å². The molecule has 1 saturated heterocycles. The summed E-state index contributed by atoms with van der Waals surface area (Å²) in [7, 11) is 1.94. The molecule has 2 rings (SSSR count). The van der Waals surface area contributed by atoms with Crippen LogP contribution in [0.5, 0.6) is 0 Å². The van der Waals surface area contributed by atoms with Gasteiger partial charge in [-0.1, -0.05) is 6.92 Å². The van der Waals surface area contributed by atoms with Crippen LogP contribution in [0.2, 0.25) is 0 Å². The first kappa shape index (κ1) is 13.0. The fourth-order valence-electron chi connectivity index (χ4n) is 2.28. The number of hydrogen-bond donors (Lipinski definition) is 2. The second kappa shape index (κ2) is 5.95. The molecule has 0 bridgehead atoms. The van der Waals surface area contributed by atoms with E-state index in [1.807, 2.05) is 11.9 Å². The smallest absolute Gasteiger partial charge is 0.293 e. The number of aromatic amines is 1. The molecule has 1 aromatic rings. The monoisotopic (exact) mass is 251 g/mol. The van der Waals surface area contributed by atoms with Crippen molar-refractivity contribution in [2.75, 3.05) is 20.1 Å². The Kier molecular flexibility index (Phi) is 4.30.